The van der Waals surface area contributed by atoms with Crippen molar-refractivity contribution in [3.05, 3.63) is 59.7 Å². The Morgan fingerprint density at radius 3 is 2.60 bits per heavy atom. The van der Waals surface area contributed by atoms with E-state index < -0.39 is 12.2 Å². The van der Waals surface area contributed by atoms with Gasteiger partial charge in [-0.1, -0.05) is 48.6 Å². The molecule has 0 fully saturated rings. The van der Waals surface area contributed by atoms with Crippen LogP contribution in [0.25, 0.3) is 0 Å². The minimum Gasteiger partial charge on any atom is -0.388 e. The van der Waals surface area contributed by atoms with Gasteiger partial charge >= 0.3 is 0 Å². The van der Waals surface area contributed by atoms with E-state index in [9.17, 15) is 10.2 Å². The van der Waals surface area contributed by atoms with Crippen LogP contribution in [-0.4, -0.2) is 16.3 Å². The van der Waals surface area contributed by atoms with Crippen molar-refractivity contribution in [1.82, 2.24) is 0 Å². The lowest BCUT2D eigenvalue weighted by Gasteiger charge is -2.21. The van der Waals surface area contributed by atoms with Crippen LogP contribution in [0.5, 0.6) is 0 Å². The highest BCUT2D eigenvalue weighted by Crippen LogP contribution is 2.27. The van der Waals surface area contributed by atoms with Crippen LogP contribution in [0, 0.1) is 0 Å². The van der Waals surface area contributed by atoms with Crippen molar-refractivity contribution in [2.45, 2.75) is 18.6 Å². The minimum absolute atomic E-state index is 0.565. The number of rotatable bonds is 2. The topological polar surface area (TPSA) is 40.5 Å². The molecule has 2 rings (SSSR count). The third-order valence-electron chi connectivity index (χ3n) is 2.60. The summed E-state index contributed by atoms with van der Waals surface area (Å²) in [6.07, 6.45) is 4.86. The highest BCUT2D eigenvalue weighted by molar-refractivity contribution is 5.32. The molecular formula is C13H14O2. The maximum absolute atomic E-state index is 10.1. The molecule has 2 nitrogen and oxygen atoms in total. The molecule has 0 aliphatic heterocycles. The molecule has 2 heteroatoms. The molecule has 1 aliphatic rings. The number of hydrogen-bond donors (Lipinski definition) is 2. The minimum atomic E-state index is -0.703. The molecular weight excluding hydrogens is 188 g/mol. The van der Waals surface area contributed by atoms with E-state index in [-0.39, 0.29) is 0 Å². The molecule has 0 radical (unpaired) electrons. The maximum Gasteiger partial charge on any atom is 0.103 e. The first-order valence-electron chi connectivity index (χ1n) is 5.06. The first kappa shape index (κ1) is 10.1. The van der Waals surface area contributed by atoms with E-state index in [2.05, 4.69) is 0 Å². The maximum atomic E-state index is 10.1. The predicted octanol–water partition coefficient (Wildman–Crippen LogP) is 1.97. The number of hydrogen-bond acceptors (Lipinski definition) is 2. The fourth-order valence-electron chi connectivity index (χ4n) is 1.73. The average molecular weight is 202 g/mol. The fraction of sp³-hybridized carbons (Fsp3) is 0.231. The molecule has 0 heterocycles. The number of benzene rings is 1. The summed E-state index contributed by atoms with van der Waals surface area (Å²) in [6, 6.07) is 9.38. The molecule has 2 N–H and O–H groups in total. The summed E-state index contributed by atoms with van der Waals surface area (Å²) in [5.74, 6) is 0. The van der Waals surface area contributed by atoms with Crippen LogP contribution >= 0.6 is 0 Å². The molecule has 2 atom stereocenters. The third-order valence-corrected chi connectivity index (χ3v) is 2.60. The Morgan fingerprint density at radius 2 is 1.93 bits per heavy atom. The molecule has 1 aromatic rings. The smallest absolute Gasteiger partial charge is 0.103 e. The van der Waals surface area contributed by atoms with Gasteiger partial charge in [0.15, 0.2) is 0 Å². The van der Waals surface area contributed by atoms with Crippen LogP contribution in [0.1, 0.15) is 18.1 Å². The summed E-state index contributed by atoms with van der Waals surface area (Å²) in [5.41, 5.74) is 1.49. The van der Waals surface area contributed by atoms with Crippen LogP contribution in [0.4, 0.5) is 0 Å². The van der Waals surface area contributed by atoms with Crippen LogP contribution in [0.2, 0.25) is 0 Å². The first-order valence-corrected chi connectivity index (χ1v) is 5.06. The first-order chi connectivity index (χ1) is 7.29. The second-order valence-corrected chi connectivity index (χ2v) is 3.66. The standard InChI is InChI=1S/C13H14O2/c14-12-9-5-4-8-11(12)13(15)10-6-2-1-3-7-10/h1-8,12-15H,9H2. The van der Waals surface area contributed by atoms with Gasteiger partial charge < -0.3 is 10.2 Å². The van der Waals surface area contributed by atoms with E-state index >= 15 is 0 Å². The quantitative estimate of drug-likeness (QED) is 0.769. The molecule has 0 amide bonds. The Bertz CT molecular complexity index is 379. The molecule has 2 unspecified atom stereocenters. The van der Waals surface area contributed by atoms with Gasteiger partial charge in [0.2, 0.25) is 0 Å². The van der Waals surface area contributed by atoms with E-state index in [1.54, 1.807) is 6.08 Å². The van der Waals surface area contributed by atoms with Gasteiger partial charge in [-0.2, -0.15) is 0 Å². The Balaban J connectivity index is 2.24. The van der Waals surface area contributed by atoms with Gasteiger partial charge in [-0.05, 0) is 17.6 Å². The molecule has 0 bridgehead atoms. The van der Waals surface area contributed by atoms with Crippen LogP contribution in [0.15, 0.2) is 54.1 Å². The van der Waals surface area contributed by atoms with Crippen molar-refractivity contribution in [3.63, 3.8) is 0 Å². The molecule has 0 saturated carbocycles. The zero-order chi connectivity index (χ0) is 10.7. The van der Waals surface area contributed by atoms with Crippen molar-refractivity contribution >= 4 is 0 Å². The molecule has 78 valence electrons. The molecule has 0 spiro atoms. The van der Waals surface area contributed by atoms with Gasteiger partial charge in [-0.3, -0.25) is 0 Å². The summed E-state index contributed by atoms with van der Waals surface area (Å²) in [6.45, 7) is 0. The number of aliphatic hydroxyl groups excluding tert-OH is 2. The zero-order valence-electron chi connectivity index (χ0n) is 8.38. The Labute approximate surface area is 89.2 Å². The van der Waals surface area contributed by atoms with Gasteiger partial charge in [-0.25, -0.2) is 0 Å². The number of aliphatic hydroxyl groups is 2. The van der Waals surface area contributed by atoms with Crippen molar-refractivity contribution in [2.24, 2.45) is 0 Å². The Kier molecular flexibility index (Phi) is 2.99. The molecule has 1 aromatic carbocycles. The third kappa shape index (κ3) is 2.17. The second-order valence-electron chi connectivity index (χ2n) is 3.66. The fourth-order valence-corrected chi connectivity index (χ4v) is 1.73. The van der Waals surface area contributed by atoms with Crippen molar-refractivity contribution in [2.75, 3.05) is 0 Å². The molecule has 15 heavy (non-hydrogen) atoms. The van der Waals surface area contributed by atoms with E-state index in [4.69, 9.17) is 0 Å². The Morgan fingerprint density at radius 1 is 1.20 bits per heavy atom. The molecule has 0 saturated heterocycles. The van der Waals surface area contributed by atoms with E-state index in [1.807, 2.05) is 42.5 Å². The Hall–Kier alpha value is -1.38. The SMILES string of the molecule is OC1CC=CC=C1C(O)c1ccccc1. The lowest BCUT2D eigenvalue weighted by molar-refractivity contribution is 0.144. The van der Waals surface area contributed by atoms with E-state index in [0.29, 0.717) is 12.0 Å². The monoisotopic (exact) mass is 202 g/mol. The predicted molar refractivity (Wildman–Crippen MR) is 59.2 cm³/mol. The molecule has 1 aliphatic carbocycles. The zero-order valence-corrected chi connectivity index (χ0v) is 8.38. The van der Waals surface area contributed by atoms with Gasteiger partial charge in [0.1, 0.15) is 6.10 Å². The van der Waals surface area contributed by atoms with Gasteiger partial charge in [-0.15, -0.1) is 0 Å². The van der Waals surface area contributed by atoms with Crippen molar-refractivity contribution < 1.29 is 10.2 Å². The lowest BCUT2D eigenvalue weighted by Crippen LogP contribution is -2.17. The summed E-state index contributed by atoms with van der Waals surface area (Å²) in [5, 5.41) is 19.8. The van der Waals surface area contributed by atoms with Crippen LogP contribution in [0.3, 0.4) is 0 Å². The van der Waals surface area contributed by atoms with Gasteiger partial charge in [0, 0.05) is 0 Å². The van der Waals surface area contributed by atoms with E-state index in [0.717, 1.165) is 5.56 Å². The normalized spacial score (nSPS) is 22.3. The van der Waals surface area contributed by atoms with E-state index in [1.165, 1.54) is 0 Å². The molecule has 0 aromatic heterocycles. The highest BCUT2D eigenvalue weighted by Gasteiger charge is 2.20. The van der Waals surface area contributed by atoms with Crippen molar-refractivity contribution in [1.29, 1.82) is 0 Å². The highest BCUT2D eigenvalue weighted by atomic mass is 16.3. The van der Waals surface area contributed by atoms with Gasteiger partial charge in [0.25, 0.3) is 0 Å². The van der Waals surface area contributed by atoms with Gasteiger partial charge in [0.05, 0.1) is 6.10 Å². The lowest BCUT2D eigenvalue weighted by atomic mass is 9.92. The largest absolute Gasteiger partial charge is 0.388 e. The summed E-state index contributed by atoms with van der Waals surface area (Å²) >= 11 is 0. The summed E-state index contributed by atoms with van der Waals surface area (Å²) < 4.78 is 0. The second kappa shape index (κ2) is 4.43. The average Bonchev–Trinajstić information content (AvgIpc) is 2.30. The van der Waals surface area contributed by atoms with Crippen molar-refractivity contribution in [3.8, 4) is 0 Å². The van der Waals surface area contributed by atoms with Crippen LogP contribution < -0.4 is 0 Å². The summed E-state index contributed by atoms with van der Waals surface area (Å²) in [7, 11) is 0. The number of allylic oxidation sites excluding steroid dienone is 2. The van der Waals surface area contributed by atoms with Crippen LogP contribution in [-0.2, 0) is 0 Å². The summed E-state index contributed by atoms with van der Waals surface area (Å²) in [4.78, 5) is 0.